The van der Waals surface area contributed by atoms with Crippen molar-refractivity contribution in [2.75, 3.05) is 20.3 Å². The van der Waals surface area contributed by atoms with Crippen LogP contribution in [-0.4, -0.2) is 35.7 Å². The molecule has 0 saturated carbocycles. The van der Waals surface area contributed by atoms with Crippen molar-refractivity contribution in [2.45, 2.75) is 33.2 Å². The molecule has 0 saturated heterocycles. The Bertz CT molecular complexity index is 1280. The maximum atomic E-state index is 12.6. The number of rotatable bonds is 10. The Hall–Kier alpha value is -3.80. The first-order valence-electron chi connectivity index (χ1n) is 11.6. The summed E-state index contributed by atoms with van der Waals surface area (Å²) >= 11 is 0. The lowest BCUT2D eigenvalue weighted by Crippen LogP contribution is -2.27. The van der Waals surface area contributed by atoms with Crippen molar-refractivity contribution in [2.24, 2.45) is 0 Å². The number of hydrogen-bond donors (Lipinski definition) is 1. The third-order valence-electron chi connectivity index (χ3n) is 5.99. The summed E-state index contributed by atoms with van der Waals surface area (Å²) in [5.41, 5.74) is 5.08. The van der Waals surface area contributed by atoms with E-state index < -0.39 is 0 Å². The molecule has 0 aliphatic carbocycles. The van der Waals surface area contributed by atoms with Crippen molar-refractivity contribution in [3.8, 4) is 11.5 Å². The number of aromatic nitrogens is 2. The molecule has 4 aromatic rings. The van der Waals surface area contributed by atoms with Crippen molar-refractivity contribution in [1.82, 2.24) is 14.9 Å². The lowest BCUT2D eigenvalue weighted by atomic mass is 10.1. The molecule has 6 nitrogen and oxygen atoms in total. The van der Waals surface area contributed by atoms with E-state index in [-0.39, 0.29) is 5.91 Å². The molecule has 0 fully saturated rings. The average molecular weight is 458 g/mol. The SMILES string of the molecule is COc1ccccc1C(=O)NCCc1nc2ccccc2n1CCCOc1ccc(C)c(C)c1. The van der Waals surface area contributed by atoms with Gasteiger partial charge in [-0.05, 0) is 67.8 Å². The molecular weight excluding hydrogens is 426 g/mol. The Morgan fingerprint density at radius 1 is 1.00 bits per heavy atom. The van der Waals surface area contributed by atoms with Gasteiger partial charge in [0.15, 0.2) is 0 Å². The number of benzene rings is 3. The first-order valence-corrected chi connectivity index (χ1v) is 11.6. The number of para-hydroxylation sites is 3. The van der Waals surface area contributed by atoms with Crippen LogP contribution >= 0.6 is 0 Å². The molecule has 3 aromatic carbocycles. The number of methoxy groups -OCH3 is 1. The van der Waals surface area contributed by atoms with Gasteiger partial charge >= 0.3 is 0 Å². The van der Waals surface area contributed by atoms with Crippen LogP contribution in [0.4, 0.5) is 0 Å². The van der Waals surface area contributed by atoms with Crippen molar-refractivity contribution in [1.29, 1.82) is 0 Å². The maximum absolute atomic E-state index is 12.6. The number of carbonyl (C=O) groups excluding carboxylic acids is 1. The van der Waals surface area contributed by atoms with E-state index in [2.05, 4.69) is 41.9 Å². The summed E-state index contributed by atoms with van der Waals surface area (Å²) in [7, 11) is 1.57. The summed E-state index contributed by atoms with van der Waals surface area (Å²) in [6, 6.07) is 21.5. The highest BCUT2D eigenvalue weighted by Gasteiger charge is 2.13. The Morgan fingerprint density at radius 3 is 2.62 bits per heavy atom. The fourth-order valence-corrected chi connectivity index (χ4v) is 4.00. The minimum atomic E-state index is -0.151. The molecule has 1 amide bonds. The van der Waals surface area contributed by atoms with Gasteiger partial charge in [0, 0.05) is 19.5 Å². The van der Waals surface area contributed by atoms with Gasteiger partial charge in [-0.3, -0.25) is 4.79 Å². The molecule has 0 radical (unpaired) electrons. The van der Waals surface area contributed by atoms with Gasteiger partial charge < -0.3 is 19.4 Å². The van der Waals surface area contributed by atoms with Crippen LogP contribution in [0.1, 0.15) is 33.7 Å². The van der Waals surface area contributed by atoms with Crippen LogP contribution in [0.2, 0.25) is 0 Å². The standard InChI is InChI=1S/C28H31N3O3/c1-20-13-14-22(19-21(20)2)34-18-8-17-31-25-11-6-5-10-24(25)30-27(31)15-16-29-28(32)23-9-4-7-12-26(23)33-3/h4-7,9-14,19H,8,15-18H2,1-3H3,(H,29,32). The minimum absolute atomic E-state index is 0.151. The van der Waals surface area contributed by atoms with Crippen molar-refractivity contribution < 1.29 is 14.3 Å². The first-order chi connectivity index (χ1) is 16.6. The zero-order valence-electron chi connectivity index (χ0n) is 20.0. The molecule has 0 spiro atoms. The van der Waals surface area contributed by atoms with Crippen LogP contribution in [-0.2, 0) is 13.0 Å². The number of ether oxygens (including phenoxy) is 2. The molecule has 34 heavy (non-hydrogen) atoms. The van der Waals surface area contributed by atoms with E-state index in [0.29, 0.717) is 30.9 Å². The minimum Gasteiger partial charge on any atom is -0.496 e. The summed E-state index contributed by atoms with van der Waals surface area (Å²) in [5, 5.41) is 3.00. The third kappa shape index (κ3) is 5.39. The molecular formula is C28H31N3O3. The van der Waals surface area contributed by atoms with Crippen molar-refractivity contribution >= 4 is 16.9 Å². The molecule has 0 aliphatic heterocycles. The summed E-state index contributed by atoms with van der Waals surface area (Å²) in [6.45, 7) is 6.10. The number of fused-ring (bicyclic) bond motifs is 1. The molecule has 4 rings (SSSR count). The lowest BCUT2D eigenvalue weighted by molar-refractivity contribution is 0.0951. The Balaban J connectivity index is 1.38. The second kappa shape index (κ2) is 10.9. The quantitative estimate of drug-likeness (QED) is 0.336. The molecule has 0 atom stereocenters. The summed E-state index contributed by atoms with van der Waals surface area (Å²) in [5.74, 6) is 2.27. The van der Waals surface area contributed by atoms with Crippen molar-refractivity contribution in [3.63, 3.8) is 0 Å². The fourth-order valence-electron chi connectivity index (χ4n) is 4.00. The van der Waals surface area contributed by atoms with Gasteiger partial charge in [0.1, 0.15) is 17.3 Å². The predicted molar refractivity (Wildman–Crippen MR) is 135 cm³/mol. The second-order valence-electron chi connectivity index (χ2n) is 8.32. The molecule has 1 heterocycles. The van der Waals surface area contributed by atoms with Crippen LogP contribution in [0.5, 0.6) is 11.5 Å². The van der Waals surface area contributed by atoms with Crippen molar-refractivity contribution in [3.05, 3.63) is 89.2 Å². The Morgan fingerprint density at radius 2 is 1.79 bits per heavy atom. The molecule has 6 heteroatoms. The number of imidazole rings is 1. The summed E-state index contributed by atoms with van der Waals surface area (Å²) in [6.07, 6.45) is 1.49. The number of carbonyl (C=O) groups is 1. The normalized spacial score (nSPS) is 10.9. The fraction of sp³-hybridized carbons (Fsp3) is 0.286. The van der Waals surface area contributed by atoms with E-state index in [0.717, 1.165) is 35.6 Å². The van der Waals surface area contributed by atoms with E-state index in [1.807, 2.05) is 36.4 Å². The van der Waals surface area contributed by atoms with Crippen LogP contribution in [0.15, 0.2) is 66.7 Å². The summed E-state index contributed by atoms with van der Waals surface area (Å²) < 4.78 is 13.5. The molecule has 0 bridgehead atoms. The smallest absolute Gasteiger partial charge is 0.255 e. The van der Waals surface area contributed by atoms with Crippen LogP contribution in [0.3, 0.4) is 0 Å². The van der Waals surface area contributed by atoms with E-state index in [1.165, 1.54) is 11.1 Å². The highest BCUT2D eigenvalue weighted by molar-refractivity contribution is 5.96. The zero-order valence-corrected chi connectivity index (χ0v) is 20.0. The first kappa shape index (κ1) is 23.4. The van der Waals surface area contributed by atoms with Gasteiger partial charge in [-0.2, -0.15) is 0 Å². The van der Waals surface area contributed by atoms with Crippen LogP contribution in [0.25, 0.3) is 11.0 Å². The summed E-state index contributed by atoms with van der Waals surface area (Å²) in [4.78, 5) is 17.4. The molecule has 0 unspecified atom stereocenters. The molecule has 1 N–H and O–H groups in total. The molecule has 176 valence electrons. The number of nitrogens with zero attached hydrogens (tertiary/aromatic N) is 2. The van der Waals surface area contributed by atoms with Gasteiger partial charge in [0.2, 0.25) is 0 Å². The van der Waals surface area contributed by atoms with Gasteiger partial charge in [-0.25, -0.2) is 4.98 Å². The van der Waals surface area contributed by atoms with Crippen LogP contribution in [0, 0.1) is 13.8 Å². The number of aryl methyl sites for hydroxylation is 3. The highest BCUT2D eigenvalue weighted by atomic mass is 16.5. The number of nitrogens with one attached hydrogen (secondary N) is 1. The molecule has 1 aromatic heterocycles. The lowest BCUT2D eigenvalue weighted by Gasteiger charge is -2.12. The monoisotopic (exact) mass is 457 g/mol. The maximum Gasteiger partial charge on any atom is 0.255 e. The Labute approximate surface area is 200 Å². The zero-order chi connectivity index (χ0) is 23.9. The third-order valence-corrected chi connectivity index (χ3v) is 5.99. The van der Waals surface area contributed by atoms with Crippen LogP contribution < -0.4 is 14.8 Å². The topological polar surface area (TPSA) is 65.4 Å². The van der Waals surface area contributed by atoms with Gasteiger partial charge in [0.05, 0.1) is 30.3 Å². The van der Waals surface area contributed by atoms with Gasteiger partial charge in [-0.15, -0.1) is 0 Å². The average Bonchev–Trinajstić information content (AvgIpc) is 3.21. The van der Waals surface area contributed by atoms with E-state index in [9.17, 15) is 4.79 Å². The number of hydrogen-bond acceptors (Lipinski definition) is 4. The van der Waals surface area contributed by atoms with E-state index >= 15 is 0 Å². The largest absolute Gasteiger partial charge is 0.496 e. The van der Waals surface area contributed by atoms with Gasteiger partial charge in [0.25, 0.3) is 5.91 Å². The van der Waals surface area contributed by atoms with Gasteiger partial charge in [-0.1, -0.05) is 30.3 Å². The molecule has 0 aliphatic rings. The number of amides is 1. The van der Waals surface area contributed by atoms with E-state index in [1.54, 1.807) is 19.2 Å². The Kier molecular flexibility index (Phi) is 7.48. The highest BCUT2D eigenvalue weighted by Crippen LogP contribution is 2.20. The predicted octanol–water partition coefficient (Wildman–Crippen LogP) is 5.10. The second-order valence-corrected chi connectivity index (χ2v) is 8.32. The van der Waals surface area contributed by atoms with E-state index in [4.69, 9.17) is 14.5 Å².